The molecule has 0 aliphatic rings. The van der Waals surface area contributed by atoms with E-state index >= 15 is 0 Å². The largest absolute Gasteiger partial charge is 0.461 e. The SMILES string of the molecule is Cc1nc(NCCc2nc(-c3ccco3)n[nH]2)c2cnn(C)c2n1. The summed E-state index contributed by atoms with van der Waals surface area (Å²) in [6.07, 6.45) is 4.04. The quantitative estimate of drug-likeness (QED) is 0.575. The number of aromatic amines is 1. The number of hydrogen-bond donors (Lipinski definition) is 2. The van der Waals surface area contributed by atoms with Crippen LogP contribution in [-0.4, -0.2) is 41.5 Å². The van der Waals surface area contributed by atoms with Crippen LogP contribution in [0.2, 0.25) is 0 Å². The van der Waals surface area contributed by atoms with E-state index in [2.05, 4.69) is 35.6 Å². The van der Waals surface area contributed by atoms with Gasteiger partial charge in [0.2, 0.25) is 5.82 Å². The molecule has 4 rings (SSSR count). The number of anilines is 1. The van der Waals surface area contributed by atoms with Crippen LogP contribution in [-0.2, 0) is 13.5 Å². The van der Waals surface area contributed by atoms with Gasteiger partial charge >= 0.3 is 0 Å². The summed E-state index contributed by atoms with van der Waals surface area (Å²) < 4.78 is 7.02. The molecule has 0 unspecified atom stereocenters. The number of aromatic nitrogens is 7. The Bertz CT molecular complexity index is 969. The Hall–Kier alpha value is -3.23. The van der Waals surface area contributed by atoms with Crippen molar-refractivity contribution in [2.24, 2.45) is 7.05 Å². The highest BCUT2D eigenvalue weighted by atomic mass is 16.3. The molecule has 9 heteroatoms. The molecule has 0 radical (unpaired) electrons. The van der Waals surface area contributed by atoms with Gasteiger partial charge in [-0.25, -0.2) is 15.0 Å². The van der Waals surface area contributed by atoms with Gasteiger partial charge in [-0.2, -0.15) is 10.2 Å². The van der Waals surface area contributed by atoms with Crippen molar-refractivity contribution in [1.82, 2.24) is 34.9 Å². The van der Waals surface area contributed by atoms with E-state index in [4.69, 9.17) is 4.42 Å². The Morgan fingerprint density at radius 2 is 2.21 bits per heavy atom. The molecule has 0 aliphatic heterocycles. The van der Waals surface area contributed by atoms with E-state index in [-0.39, 0.29) is 0 Å². The van der Waals surface area contributed by atoms with Crippen molar-refractivity contribution >= 4 is 16.9 Å². The third-order valence-corrected chi connectivity index (χ3v) is 3.63. The van der Waals surface area contributed by atoms with Gasteiger partial charge in [-0.1, -0.05) is 0 Å². The maximum atomic E-state index is 5.28. The number of hydrogen-bond acceptors (Lipinski definition) is 7. The first kappa shape index (κ1) is 14.4. The van der Waals surface area contributed by atoms with Crippen LogP contribution in [0.5, 0.6) is 0 Å². The molecule has 0 bridgehead atoms. The summed E-state index contributed by atoms with van der Waals surface area (Å²) >= 11 is 0. The Morgan fingerprint density at radius 3 is 3.04 bits per heavy atom. The average molecular weight is 324 g/mol. The molecule has 0 atom stereocenters. The van der Waals surface area contributed by atoms with Crippen molar-refractivity contribution in [2.75, 3.05) is 11.9 Å². The zero-order valence-corrected chi connectivity index (χ0v) is 13.3. The van der Waals surface area contributed by atoms with Gasteiger partial charge in [0.1, 0.15) is 17.5 Å². The van der Waals surface area contributed by atoms with Crippen molar-refractivity contribution in [3.05, 3.63) is 36.2 Å². The monoisotopic (exact) mass is 324 g/mol. The highest BCUT2D eigenvalue weighted by molar-refractivity contribution is 5.86. The fourth-order valence-corrected chi connectivity index (χ4v) is 2.49. The molecule has 0 aliphatic carbocycles. The van der Waals surface area contributed by atoms with Gasteiger partial charge in [-0.15, -0.1) is 0 Å². The van der Waals surface area contributed by atoms with Crippen LogP contribution in [0.1, 0.15) is 11.6 Å². The minimum atomic E-state index is 0.558. The van der Waals surface area contributed by atoms with Crippen LogP contribution in [0, 0.1) is 6.92 Å². The molecule has 2 N–H and O–H groups in total. The van der Waals surface area contributed by atoms with E-state index in [0.29, 0.717) is 30.4 Å². The van der Waals surface area contributed by atoms with Crippen molar-refractivity contribution < 1.29 is 4.42 Å². The summed E-state index contributed by atoms with van der Waals surface area (Å²) in [4.78, 5) is 13.3. The third kappa shape index (κ3) is 2.60. The van der Waals surface area contributed by atoms with Gasteiger partial charge in [-0.3, -0.25) is 9.78 Å². The maximum Gasteiger partial charge on any atom is 0.216 e. The number of aryl methyl sites for hydroxylation is 2. The van der Waals surface area contributed by atoms with E-state index in [9.17, 15) is 0 Å². The normalized spacial score (nSPS) is 11.2. The number of furan rings is 1. The summed E-state index contributed by atoms with van der Waals surface area (Å²) in [5, 5.41) is 15.5. The summed E-state index contributed by atoms with van der Waals surface area (Å²) in [6, 6.07) is 3.64. The standard InChI is InChI=1S/C15H16N8O/c1-9-18-13(10-8-17-23(2)15(10)19-9)16-6-5-12-20-14(22-21-12)11-4-3-7-24-11/h3-4,7-8H,5-6H2,1-2H3,(H,16,18,19)(H,20,21,22). The number of H-pyrrole nitrogens is 1. The second-order valence-electron chi connectivity index (χ2n) is 5.38. The molecule has 0 amide bonds. The van der Waals surface area contributed by atoms with Gasteiger partial charge in [0.05, 0.1) is 17.8 Å². The Kier molecular flexibility index (Phi) is 3.45. The Labute approximate surface area is 137 Å². The summed E-state index contributed by atoms with van der Waals surface area (Å²) in [5.41, 5.74) is 0.810. The lowest BCUT2D eigenvalue weighted by Crippen LogP contribution is -2.09. The van der Waals surface area contributed by atoms with Crippen LogP contribution in [0.4, 0.5) is 5.82 Å². The lowest BCUT2D eigenvalue weighted by molar-refractivity contribution is 0.577. The summed E-state index contributed by atoms with van der Waals surface area (Å²) in [7, 11) is 1.86. The Morgan fingerprint density at radius 1 is 1.29 bits per heavy atom. The van der Waals surface area contributed by atoms with Crippen LogP contribution >= 0.6 is 0 Å². The molecule has 122 valence electrons. The highest BCUT2D eigenvalue weighted by Gasteiger charge is 2.11. The first-order valence-electron chi connectivity index (χ1n) is 7.56. The molecule has 0 aromatic carbocycles. The number of nitrogens with zero attached hydrogens (tertiary/aromatic N) is 6. The zero-order valence-electron chi connectivity index (χ0n) is 13.3. The first-order chi connectivity index (χ1) is 11.7. The lowest BCUT2D eigenvalue weighted by atomic mass is 10.3. The van der Waals surface area contributed by atoms with Gasteiger partial charge < -0.3 is 9.73 Å². The van der Waals surface area contributed by atoms with E-state index in [0.717, 1.165) is 22.7 Å². The molecular weight excluding hydrogens is 308 g/mol. The molecule has 9 nitrogen and oxygen atoms in total. The van der Waals surface area contributed by atoms with Crippen LogP contribution < -0.4 is 5.32 Å². The first-order valence-corrected chi connectivity index (χ1v) is 7.56. The van der Waals surface area contributed by atoms with Crippen molar-refractivity contribution in [3.63, 3.8) is 0 Å². The fraction of sp³-hybridized carbons (Fsp3) is 0.267. The molecule has 4 heterocycles. The van der Waals surface area contributed by atoms with Gasteiger partial charge in [0.15, 0.2) is 11.4 Å². The molecule has 24 heavy (non-hydrogen) atoms. The topological polar surface area (TPSA) is 110 Å². The van der Waals surface area contributed by atoms with E-state index < -0.39 is 0 Å². The lowest BCUT2D eigenvalue weighted by Gasteiger charge is -2.06. The smallest absolute Gasteiger partial charge is 0.216 e. The molecule has 0 saturated heterocycles. The van der Waals surface area contributed by atoms with Crippen LogP contribution in [0.15, 0.2) is 29.0 Å². The zero-order chi connectivity index (χ0) is 16.5. The second kappa shape index (κ2) is 5.76. The van der Waals surface area contributed by atoms with Crippen molar-refractivity contribution in [3.8, 4) is 11.6 Å². The molecular formula is C15H16N8O. The van der Waals surface area contributed by atoms with Crippen molar-refractivity contribution in [1.29, 1.82) is 0 Å². The van der Waals surface area contributed by atoms with E-state index in [1.165, 1.54) is 0 Å². The fourth-order valence-electron chi connectivity index (χ4n) is 2.49. The van der Waals surface area contributed by atoms with E-state index in [1.807, 2.05) is 26.1 Å². The minimum absolute atomic E-state index is 0.558. The minimum Gasteiger partial charge on any atom is -0.461 e. The van der Waals surface area contributed by atoms with Crippen LogP contribution in [0.3, 0.4) is 0 Å². The van der Waals surface area contributed by atoms with E-state index in [1.54, 1.807) is 17.1 Å². The predicted molar refractivity (Wildman–Crippen MR) is 87.3 cm³/mol. The second-order valence-corrected chi connectivity index (χ2v) is 5.38. The summed E-state index contributed by atoms with van der Waals surface area (Å²) in [5.74, 6) is 3.46. The number of fused-ring (bicyclic) bond motifs is 1. The third-order valence-electron chi connectivity index (χ3n) is 3.63. The van der Waals surface area contributed by atoms with Gasteiger partial charge in [0.25, 0.3) is 0 Å². The number of rotatable bonds is 5. The van der Waals surface area contributed by atoms with Gasteiger partial charge in [0, 0.05) is 20.0 Å². The molecule has 4 aromatic heterocycles. The maximum absolute atomic E-state index is 5.28. The number of nitrogens with one attached hydrogen (secondary N) is 2. The molecule has 0 fully saturated rings. The van der Waals surface area contributed by atoms with Gasteiger partial charge in [-0.05, 0) is 19.1 Å². The average Bonchev–Trinajstić information content (AvgIpc) is 3.29. The molecule has 0 saturated carbocycles. The predicted octanol–water partition coefficient (Wildman–Crippen LogP) is 1.70. The highest BCUT2D eigenvalue weighted by Crippen LogP contribution is 2.19. The Balaban J connectivity index is 1.46. The molecule has 4 aromatic rings. The molecule has 0 spiro atoms. The summed E-state index contributed by atoms with van der Waals surface area (Å²) in [6.45, 7) is 2.52. The van der Waals surface area contributed by atoms with Crippen LogP contribution in [0.25, 0.3) is 22.6 Å². The van der Waals surface area contributed by atoms with Crippen molar-refractivity contribution in [2.45, 2.75) is 13.3 Å².